The van der Waals surface area contributed by atoms with Crippen molar-refractivity contribution in [3.05, 3.63) is 85.2 Å². The van der Waals surface area contributed by atoms with E-state index in [-0.39, 0.29) is 0 Å². The summed E-state index contributed by atoms with van der Waals surface area (Å²) in [5, 5.41) is 0. The molecule has 0 aliphatic heterocycles. The molecule has 0 fully saturated rings. The van der Waals surface area contributed by atoms with Gasteiger partial charge < -0.3 is 9.80 Å². The molecule has 4 rings (SSSR count). The summed E-state index contributed by atoms with van der Waals surface area (Å²) in [6, 6.07) is 25.2. The SMILES string of the molecule is CN(C)c1ccc(-c2ccc(-c3ccc(-c4ccc(N(C)C)cc4)cn3)nc2)cc1. The second-order valence-corrected chi connectivity index (χ2v) is 7.75. The van der Waals surface area contributed by atoms with E-state index in [4.69, 9.17) is 0 Å². The predicted molar refractivity (Wildman–Crippen MR) is 127 cm³/mol. The van der Waals surface area contributed by atoms with Crippen LogP contribution in [-0.4, -0.2) is 38.2 Å². The van der Waals surface area contributed by atoms with Gasteiger partial charge in [-0.1, -0.05) is 36.4 Å². The Morgan fingerprint density at radius 2 is 0.767 bits per heavy atom. The van der Waals surface area contributed by atoms with Crippen molar-refractivity contribution in [3.8, 4) is 33.6 Å². The van der Waals surface area contributed by atoms with E-state index in [1.807, 2.05) is 52.7 Å². The summed E-state index contributed by atoms with van der Waals surface area (Å²) in [6.07, 6.45) is 3.82. The molecule has 0 aliphatic carbocycles. The van der Waals surface area contributed by atoms with Crippen LogP contribution in [0.15, 0.2) is 85.2 Å². The van der Waals surface area contributed by atoms with Gasteiger partial charge in [-0.15, -0.1) is 0 Å². The molecule has 4 aromatic rings. The van der Waals surface area contributed by atoms with Gasteiger partial charge in [0.15, 0.2) is 0 Å². The number of aromatic nitrogens is 2. The highest BCUT2D eigenvalue weighted by molar-refractivity contribution is 5.70. The lowest BCUT2D eigenvalue weighted by Crippen LogP contribution is -2.07. The zero-order valence-electron chi connectivity index (χ0n) is 17.9. The monoisotopic (exact) mass is 394 g/mol. The summed E-state index contributed by atoms with van der Waals surface area (Å²) in [5.41, 5.74) is 8.63. The molecule has 2 heterocycles. The molecule has 0 atom stereocenters. The maximum atomic E-state index is 4.64. The van der Waals surface area contributed by atoms with Gasteiger partial charge in [0.2, 0.25) is 0 Å². The summed E-state index contributed by atoms with van der Waals surface area (Å²) < 4.78 is 0. The quantitative estimate of drug-likeness (QED) is 0.440. The van der Waals surface area contributed by atoms with Crippen molar-refractivity contribution in [2.24, 2.45) is 0 Å². The number of benzene rings is 2. The molecule has 0 amide bonds. The van der Waals surface area contributed by atoms with Crippen molar-refractivity contribution in [1.82, 2.24) is 9.97 Å². The Hall–Kier alpha value is -3.66. The largest absolute Gasteiger partial charge is 0.378 e. The minimum absolute atomic E-state index is 0.873. The van der Waals surface area contributed by atoms with Gasteiger partial charge in [0.1, 0.15) is 0 Å². The molecule has 0 saturated carbocycles. The molecule has 0 aliphatic rings. The van der Waals surface area contributed by atoms with E-state index in [1.54, 1.807) is 0 Å². The van der Waals surface area contributed by atoms with Crippen LogP contribution < -0.4 is 9.80 Å². The number of anilines is 2. The molecule has 0 spiro atoms. The molecule has 4 heteroatoms. The number of hydrogen-bond acceptors (Lipinski definition) is 4. The van der Waals surface area contributed by atoms with Crippen molar-refractivity contribution < 1.29 is 0 Å². The first-order chi connectivity index (χ1) is 14.5. The zero-order valence-corrected chi connectivity index (χ0v) is 17.9. The van der Waals surface area contributed by atoms with E-state index in [0.29, 0.717) is 0 Å². The highest BCUT2D eigenvalue weighted by Gasteiger charge is 2.05. The van der Waals surface area contributed by atoms with Crippen LogP contribution in [0.4, 0.5) is 11.4 Å². The first kappa shape index (κ1) is 19.6. The third kappa shape index (κ3) is 4.18. The summed E-state index contributed by atoms with van der Waals surface area (Å²) in [7, 11) is 8.18. The van der Waals surface area contributed by atoms with Crippen LogP contribution in [0.1, 0.15) is 0 Å². The smallest absolute Gasteiger partial charge is 0.0886 e. The number of rotatable bonds is 5. The second-order valence-electron chi connectivity index (χ2n) is 7.75. The van der Waals surface area contributed by atoms with Crippen LogP contribution >= 0.6 is 0 Å². The predicted octanol–water partition coefficient (Wildman–Crippen LogP) is 5.61. The van der Waals surface area contributed by atoms with Crippen LogP contribution in [0.3, 0.4) is 0 Å². The van der Waals surface area contributed by atoms with Crippen molar-refractivity contribution >= 4 is 11.4 Å². The average Bonchev–Trinajstić information content (AvgIpc) is 2.79. The van der Waals surface area contributed by atoms with Crippen molar-refractivity contribution in [3.63, 3.8) is 0 Å². The fourth-order valence-electron chi connectivity index (χ4n) is 3.34. The van der Waals surface area contributed by atoms with Gasteiger partial charge >= 0.3 is 0 Å². The standard InChI is InChI=1S/C26H26N4/c1-29(2)23-11-5-19(6-12-23)21-9-15-25(27-17-21)26-16-10-22(18-28-26)20-7-13-24(14-8-20)30(3)4/h5-18H,1-4H3. The van der Waals surface area contributed by atoms with Crippen molar-refractivity contribution in [2.45, 2.75) is 0 Å². The van der Waals surface area contributed by atoms with Gasteiger partial charge in [-0.3, -0.25) is 9.97 Å². The lowest BCUT2D eigenvalue weighted by Gasteiger charge is -2.13. The van der Waals surface area contributed by atoms with E-state index in [9.17, 15) is 0 Å². The highest BCUT2D eigenvalue weighted by atomic mass is 15.1. The topological polar surface area (TPSA) is 32.3 Å². The third-order valence-electron chi connectivity index (χ3n) is 5.22. The van der Waals surface area contributed by atoms with Crippen LogP contribution in [0.5, 0.6) is 0 Å². The number of hydrogen-bond donors (Lipinski definition) is 0. The summed E-state index contributed by atoms with van der Waals surface area (Å²) in [5.74, 6) is 0. The first-order valence-electron chi connectivity index (χ1n) is 9.99. The number of nitrogens with zero attached hydrogens (tertiary/aromatic N) is 4. The van der Waals surface area contributed by atoms with E-state index in [1.165, 1.54) is 11.4 Å². The van der Waals surface area contributed by atoms with Crippen LogP contribution in [-0.2, 0) is 0 Å². The maximum Gasteiger partial charge on any atom is 0.0886 e. The maximum absolute atomic E-state index is 4.64. The molecule has 30 heavy (non-hydrogen) atoms. The van der Waals surface area contributed by atoms with E-state index in [2.05, 4.69) is 80.4 Å². The molecular weight excluding hydrogens is 368 g/mol. The van der Waals surface area contributed by atoms with Gasteiger partial charge in [0, 0.05) is 63.1 Å². The van der Waals surface area contributed by atoms with Crippen LogP contribution in [0.25, 0.3) is 33.6 Å². The second kappa shape index (κ2) is 8.37. The van der Waals surface area contributed by atoms with E-state index in [0.717, 1.165) is 33.6 Å². The zero-order chi connectivity index (χ0) is 21.1. The van der Waals surface area contributed by atoms with Crippen LogP contribution in [0, 0.1) is 0 Å². The van der Waals surface area contributed by atoms with Gasteiger partial charge in [0.05, 0.1) is 11.4 Å². The van der Waals surface area contributed by atoms with Crippen molar-refractivity contribution in [1.29, 1.82) is 0 Å². The Bertz CT molecular complexity index is 1000. The molecule has 150 valence electrons. The molecular formula is C26H26N4. The van der Waals surface area contributed by atoms with Gasteiger partial charge in [-0.05, 0) is 47.5 Å². The lowest BCUT2D eigenvalue weighted by molar-refractivity contribution is 1.13. The fourth-order valence-corrected chi connectivity index (χ4v) is 3.34. The first-order valence-corrected chi connectivity index (χ1v) is 9.99. The molecule has 0 radical (unpaired) electrons. The molecule has 2 aromatic carbocycles. The molecule has 2 aromatic heterocycles. The normalized spacial score (nSPS) is 10.7. The van der Waals surface area contributed by atoms with E-state index >= 15 is 0 Å². The summed E-state index contributed by atoms with van der Waals surface area (Å²) in [6.45, 7) is 0. The molecule has 0 N–H and O–H groups in total. The lowest BCUT2D eigenvalue weighted by atomic mass is 10.1. The van der Waals surface area contributed by atoms with Gasteiger partial charge in [0.25, 0.3) is 0 Å². The van der Waals surface area contributed by atoms with Crippen molar-refractivity contribution in [2.75, 3.05) is 38.0 Å². The summed E-state index contributed by atoms with van der Waals surface area (Å²) in [4.78, 5) is 13.5. The number of pyridine rings is 2. The molecule has 0 unspecified atom stereocenters. The Labute approximate surface area is 178 Å². The molecule has 0 saturated heterocycles. The minimum Gasteiger partial charge on any atom is -0.378 e. The van der Waals surface area contributed by atoms with Crippen LogP contribution in [0.2, 0.25) is 0 Å². The molecule has 0 bridgehead atoms. The Kier molecular flexibility index (Phi) is 5.48. The Morgan fingerprint density at radius 1 is 0.433 bits per heavy atom. The summed E-state index contributed by atoms with van der Waals surface area (Å²) >= 11 is 0. The van der Waals surface area contributed by atoms with Gasteiger partial charge in [-0.2, -0.15) is 0 Å². The minimum atomic E-state index is 0.873. The Morgan fingerprint density at radius 3 is 1.03 bits per heavy atom. The van der Waals surface area contributed by atoms with E-state index < -0.39 is 0 Å². The van der Waals surface area contributed by atoms with Gasteiger partial charge in [-0.25, -0.2) is 0 Å². The highest BCUT2D eigenvalue weighted by Crippen LogP contribution is 2.26. The fraction of sp³-hybridized carbons (Fsp3) is 0.154. The molecule has 4 nitrogen and oxygen atoms in total. The third-order valence-corrected chi connectivity index (χ3v) is 5.22. The Balaban J connectivity index is 1.51. The average molecular weight is 395 g/mol.